The molecule has 6 heteroatoms. The van der Waals surface area contributed by atoms with Crippen LogP contribution in [0.25, 0.3) is 0 Å². The Balaban J connectivity index is 2.43. The summed E-state index contributed by atoms with van der Waals surface area (Å²) < 4.78 is 0. The number of rotatable bonds is 6. The second-order valence-electron chi connectivity index (χ2n) is 4.14. The highest BCUT2D eigenvalue weighted by molar-refractivity contribution is 5.87. The lowest BCUT2D eigenvalue weighted by Gasteiger charge is -2.20. The first-order chi connectivity index (χ1) is 8.50. The van der Waals surface area contributed by atoms with Gasteiger partial charge in [0.05, 0.1) is 12.5 Å². The quantitative estimate of drug-likeness (QED) is 0.695. The van der Waals surface area contributed by atoms with Crippen LogP contribution in [0.4, 0.5) is 0 Å². The van der Waals surface area contributed by atoms with Crippen LogP contribution in [0.15, 0.2) is 24.5 Å². The van der Waals surface area contributed by atoms with Gasteiger partial charge in [-0.25, -0.2) is 0 Å². The van der Waals surface area contributed by atoms with E-state index in [-0.39, 0.29) is 12.3 Å². The van der Waals surface area contributed by atoms with Crippen LogP contribution in [0, 0.1) is 0 Å². The fourth-order valence-electron chi connectivity index (χ4n) is 1.54. The third-order valence-electron chi connectivity index (χ3n) is 2.60. The van der Waals surface area contributed by atoms with Crippen LogP contribution in [0.1, 0.15) is 12.0 Å². The summed E-state index contributed by atoms with van der Waals surface area (Å²) in [7, 11) is 1.66. The first kappa shape index (κ1) is 14.1. The van der Waals surface area contributed by atoms with E-state index in [1.807, 2.05) is 12.1 Å². The van der Waals surface area contributed by atoms with Gasteiger partial charge in [-0.3, -0.25) is 14.6 Å². The number of amides is 2. The molecule has 0 radical (unpaired) electrons. The van der Waals surface area contributed by atoms with E-state index < -0.39 is 11.9 Å². The molecule has 18 heavy (non-hydrogen) atoms. The normalized spacial score (nSPS) is 11.9. The SMILES string of the molecule is CN(CCc1ccncc1)C(=O)C(N)CC(N)=O. The first-order valence-electron chi connectivity index (χ1n) is 5.68. The second-order valence-corrected chi connectivity index (χ2v) is 4.14. The van der Waals surface area contributed by atoms with E-state index in [4.69, 9.17) is 11.5 Å². The number of hydrogen-bond donors (Lipinski definition) is 2. The average Bonchev–Trinajstić information content (AvgIpc) is 2.35. The Bertz CT molecular complexity index is 408. The summed E-state index contributed by atoms with van der Waals surface area (Å²) >= 11 is 0. The van der Waals surface area contributed by atoms with Gasteiger partial charge in [0.2, 0.25) is 11.8 Å². The predicted molar refractivity (Wildman–Crippen MR) is 67.4 cm³/mol. The number of aromatic nitrogens is 1. The number of likely N-dealkylation sites (N-methyl/N-ethyl adjacent to an activating group) is 1. The highest BCUT2D eigenvalue weighted by Gasteiger charge is 2.19. The molecule has 1 rings (SSSR count). The molecule has 1 aromatic rings. The zero-order valence-corrected chi connectivity index (χ0v) is 10.4. The topological polar surface area (TPSA) is 102 Å². The minimum atomic E-state index is -0.857. The Morgan fingerprint density at radius 3 is 2.56 bits per heavy atom. The number of pyridine rings is 1. The largest absolute Gasteiger partial charge is 0.370 e. The van der Waals surface area contributed by atoms with E-state index in [0.717, 1.165) is 5.56 Å². The van der Waals surface area contributed by atoms with Crippen molar-refractivity contribution in [1.29, 1.82) is 0 Å². The zero-order valence-electron chi connectivity index (χ0n) is 10.4. The van der Waals surface area contributed by atoms with E-state index in [2.05, 4.69) is 4.98 Å². The van der Waals surface area contributed by atoms with E-state index in [9.17, 15) is 9.59 Å². The summed E-state index contributed by atoms with van der Waals surface area (Å²) in [4.78, 5) is 27.9. The van der Waals surface area contributed by atoms with Gasteiger partial charge >= 0.3 is 0 Å². The predicted octanol–water partition coefficient (Wildman–Crippen LogP) is -0.715. The van der Waals surface area contributed by atoms with Gasteiger partial charge < -0.3 is 16.4 Å². The third-order valence-corrected chi connectivity index (χ3v) is 2.60. The lowest BCUT2D eigenvalue weighted by Crippen LogP contribution is -2.44. The Hall–Kier alpha value is -1.95. The fourth-order valence-corrected chi connectivity index (χ4v) is 1.54. The maximum Gasteiger partial charge on any atom is 0.239 e. The average molecular weight is 250 g/mol. The van der Waals surface area contributed by atoms with Gasteiger partial charge in [-0.2, -0.15) is 0 Å². The number of primary amides is 1. The van der Waals surface area contributed by atoms with E-state index in [1.54, 1.807) is 19.4 Å². The van der Waals surface area contributed by atoms with Crippen LogP contribution in [0.5, 0.6) is 0 Å². The van der Waals surface area contributed by atoms with E-state index in [0.29, 0.717) is 13.0 Å². The molecule has 0 saturated heterocycles. The molecule has 1 atom stereocenters. The summed E-state index contributed by atoms with van der Waals surface area (Å²) in [6, 6.07) is 2.92. The summed E-state index contributed by atoms with van der Waals surface area (Å²) in [6.45, 7) is 0.537. The Kier molecular flexibility index (Phi) is 5.26. The van der Waals surface area contributed by atoms with E-state index in [1.165, 1.54) is 4.90 Å². The molecule has 0 bridgehead atoms. The van der Waals surface area contributed by atoms with Crippen molar-refractivity contribution in [2.75, 3.05) is 13.6 Å². The van der Waals surface area contributed by atoms with Crippen LogP contribution in [0.2, 0.25) is 0 Å². The molecule has 0 fully saturated rings. The Labute approximate surface area is 106 Å². The molecule has 6 nitrogen and oxygen atoms in total. The zero-order chi connectivity index (χ0) is 13.5. The van der Waals surface area contributed by atoms with Crippen LogP contribution >= 0.6 is 0 Å². The molecule has 1 heterocycles. The van der Waals surface area contributed by atoms with Crippen molar-refractivity contribution >= 4 is 11.8 Å². The van der Waals surface area contributed by atoms with Gasteiger partial charge in [-0.05, 0) is 24.1 Å². The summed E-state index contributed by atoms with van der Waals surface area (Å²) in [5, 5.41) is 0. The molecule has 2 amide bonds. The molecule has 0 aliphatic rings. The third kappa shape index (κ3) is 4.50. The van der Waals surface area contributed by atoms with Crippen molar-refractivity contribution in [3.8, 4) is 0 Å². The number of nitrogens with two attached hydrogens (primary N) is 2. The van der Waals surface area contributed by atoms with Crippen molar-refractivity contribution in [2.45, 2.75) is 18.9 Å². The summed E-state index contributed by atoms with van der Waals surface area (Å²) in [6.07, 6.45) is 4.00. The number of nitrogens with zero attached hydrogens (tertiary/aromatic N) is 2. The highest BCUT2D eigenvalue weighted by atomic mass is 16.2. The van der Waals surface area contributed by atoms with Crippen LogP contribution in [-0.4, -0.2) is 41.3 Å². The van der Waals surface area contributed by atoms with Gasteiger partial charge in [-0.1, -0.05) is 0 Å². The molecule has 0 aromatic carbocycles. The maximum atomic E-state index is 11.8. The maximum absolute atomic E-state index is 11.8. The molecule has 0 aliphatic carbocycles. The van der Waals surface area contributed by atoms with Crippen LogP contribution < -0.4 is 11.5 Å². The van der Waals surface area contributed by atoms with Gasteiger partial charge in [0, 0.05) is 26.0 Å². The van der Waals surface area contributed by atoms with Gasteiger partial charge in [-0.15, -0.1) is 0 Å². The minimum absolute atomic E-state index is 0.127. The van der Waals surface area contributed by atoms with Crippen molar-refractivity contribution < 1.29 is 9.59 Å². The number of carbonyl (C=O) groups is 2. The number of hydrogen-bond acceptors (Lipinski definition) is 4. The molecule has 0 saturated carbocycles. The molecule has 1 unspecified atom stereocenters. The smallest absolute Gasteiger partial charge is 0.239 e. The molecule has 1 aromatic heterocycles. The fraction of sp³-hybridized carbons (Fsp3) is 0.417. The molecule has 0 spiro atoms. The standard InChI is InChI=1S/C12H18N4O2/c1-16(12(18)10(13)8-11(14)17)7-4-9-2-5-15-6-3-9/h2-3,5-6,10H,4,7-8,13H2,1H3,(H2,14,17). The van der Waals surface area contributed by atoms with Gasteiger partial charge in [0.25, 0.3) is 0 Å². The van der Waals surface area contributed by atoms with Crippen molar-refractivity contribution in [1.82, 2.24) is 9.88 Å². The monoisotopic (exact) mass is 250 g/mol. The second kappa shape index (κ2) is 6.70. The molecule has 98 valence electrons. The first-order valence-corrected chi connectivity index (χ1v) is 5.68. The molecule has 0 aliphatic heterocycles. The lowest BCUT2D eigenvalue weighted by molar-refractivity contribution is -0.133. The van der Waals surface area contributed by atoms with Crippen molar-refractivity contribution in [3.05, 3.63) is 30.1 Å². The van der Waals surface area contributed by atoms with Crippen LogP contribution in [-0.2, 0) is 16.0 Å². The minimum Gasteiger partial charge on any atom is -0.370 e. The Morgan fingerprint density at radius 1 is 1.39 bits per heavy atom. The number of carbonyl (C=O) groups excluding carboxylic acids is 2. The molecule has 4 N–H and O–H groups in total. The summed E-state index contributed by atoms with van der Waals surface area (Å²) in [5.74, 6) is -0.846. The molecular formula is C12H18N4O2. The lowest BCUT2D eigenvalue weighted by atomic mass is 10.1. The van der Waals surface area contributed by atoms with Crippen molar-refractivity contribution in [3.63, 3.8) is 0 Å². The highest BCUT2D eigenvalue weighted by Crippen LogP contribution is 2.01. The molecular weight excluding hydrogens is 232 g/mol. The summed E-state index contributed by atoms with van der Waals surface area (Å²) in [5.41, 5.74) is 11.7. The van der Waals surface area contributed by atoms with Gasteiger partial charge in [0.1, 0.15) is 0 Å². The van der Waals surface area contributed by atoms with E-state index >= 15 is 0 Å². The Morgan fingerprint density at radius 2 is 2.00 bits per heavy atom. The van der Waals surface area contributed by atoms with Crippen LogP contribution in [0.3, 0.4) is 0 Å². The van der Waals surface area contributed by atoms with Crippen molar-refractivity contribution in [2.24, 2.45) is 11.5 Å². The van der Waals surface area contributed by atoms with Gasteiger partial charge in [0.15, 0.2) is 0 Å².